The Morgan fingerprint density at radius 1 is 1.29 bits per heavy atom. The fraction of sp³-hybridized carbons (Fsp3) is 0.455. The van der Waals surface area contributed by atoms with Crippen molar-refractivity contribution < 1.29 is 14.9 Å². The average molecular weight is 194 g/mol. The molecule has 1 aliphatic rings. The minimum absolute atomic E-state index is 0.512. The van der Waals surface area contributed by atoms with E-state index in [-0.39, 0.29) is 0 Å². The molecule has 0 unspecified atom stereocenters. The first-order chi connectivity index (χ1) is 6.63. The van der Waals surface area contributed by atoms with Gasteiger partial charge < -0.3 is 14.9 Å². The smallest absolute Gasteiger partial charge is 0.117 e. The van der Waals surface area contributed by atoms with Gasteiger partial charge in [0.2, 0.25) is 0 Å². The number of hydrogen-bond donors (Lipinski definition) is 2. The van der Waals surface area contributed by atoms with Crippen LogP contribution in [0.3, 0.4) is 0 Å². The number of hydrogen-bond acceptors (Lipinski definition) is 3. The first-order valence-corrected chi connectivity index (χ1v) is 4.68. The Balaban J connectivity index is 2.12. The molecular weight excluding hydrogens is 180 g/mol. The lowest BCUT2D eigenvalue weighted by Gasteiger charge is -2.21. The van der Waals surface area contributed by atoms with Crippen LogP contribution >= 0.6 is 0 Å². The Labute approximate surface area is 83.0 Å². The van der Waals surface area contributed by atoms with Crippen LogP contribution in [0.25, 0.3) is 0 Å². The predicted octanol–water partition coefficient (Wildman–Crippen LogP) is 0.870. The zero-order valence-corrected chi connectivity index (χ0v) is 8.05. The Morgan fingerprint density at radius 2 is 1.86 bits per heavy atom. The zero-order chi connectivity index (χ0) is 10.2. The number of aliphatic hydroxyl groups excluding tert-OH is 2. The van der Waals surface area contributed by atoms with Crippen LogP contribution in [0.2, 0.25) is 0 Å². The number of rotatable bonds is 3. The molecule has 3 nitrogen and oxygen atoms in total. The van der Waals surface area contributed by atoms with E-state index >= 15 is 0 Å². The summed E-state index contributed by atoms with van der Waals surface area (Å²) in [5.41, 5.74) is 0.159. The average Bonchev–Trinajstić information content (AvgIpc) is 2.97. The summed E-state index contributed by atoms with van der Waals surface area (Å²) in [6.45, 7) is 2.31. The van der Waals surface area contributed by atoms with Gasteiger partial charge in [-0.25, -0.2) is 0 Å². The maximum Gasteiger partial charge on any atom is 0.117 e. The van der Waals surface area contributed by atoms with Crippen molar-refractivity contribution in [3.05, 3.63) is 35.9 Å². The van der Waals surface area contributed by atoms with Crippen LogP contribution in [-0.4, -0.2) is 28.5 Å². The topological polar surface area (TPSA) is 53.0 Å². The largest absolute Gasteiger partial charge is 0.387 e. The highest BCUT2D eigenvalue weighted by atomic mass is 16.6. The Bertz CT molecular complexity index is 306. The van der Waals surface area contributed by atoms with Gasteiger partial charge in [-0.05, 0) is 12.5 Å². The molecule has 76 valence electrons. The minimum atomic E-state index is -0.872. The molecular formula is C11H14O3. The zero-order valence-electron chi connectivity index (χ0n) is 8.05. The second-order valence-corrected chi connectivity index (χ2v) is 3.90. The van der Waals surface area contributed by atoms with Crippen LogP contribution in [0, 0.1) is 0 Å². The standard InChI is InChI=1S/C11H14O3/c1-11(7-14-11)10(13)9(12)8-5-3-2-4-6-8/h2-6,9-10,12-13H,7H2,1H3/t9-,10+,11-/m1/s1. The van der Waals surface area contributed by atoms with E-state index in [2.05, 4.69) is 0 Å². The molecule has 3 atom stereocenters. The molecule has 1 fully saturated rings. The summed E-state index contributed by atoms with van der Waals surface area (Å²) < 4.78 is 5.09. The van der Waals surface area contributed by atoms with E-state index < -0.39 is 17.8 Å². The fourth-order valence-corrected chi connectivity index (χ4v) is 1.45. The molecule has 0 radical (unpaired) electrons. The van der Waals surface area contributed by atoms with Gasteiger partial charge in [-0.1, -0.05) is 30.3 Å². The molecule has 2 rings (SSSR count). The van der Waals surface area contributed by atoms with Crippen LogP contribution in [0.4, 0.5) is 0 Å². The van der Waals surface area contributed by atoms with E-state index in [1.54, 1.807) is 19.1 Å². The van der Waals surface area contributed by atoms with Crippen LogP contribution in [0.5, 0.6) is 0 Å². The van der Waals surface area contributed by atoms with E-state index in [9.17, 15) is 10.2 Å². The molecule has 1 saturated heterocycles. The third kappa shape index (κ3) is 1.66. The molecule has 0 spiro atoms. The van der Waals surface area contributed by atoms with Gasteiger partial charge in [-0.15, -0.1) is 0 Å². The summed E-state index contributed by atoms with van der Waals surface area (Å²) in [6, 6.07) is 9.12. The minimum Gasteiger partial charge on any atom is -0.387 e. The number of aliphatic hydroxyl groups is 2. The van der Waals surface area contributed by atoms with Gasteiger partial charge in [0.25, 0.3) is 0 Å². The molecule has 0 aliphatic carbocycles. The summed E-state index contributed by atoms with van der Waals surface area (Å²) in [5, 5.41) is 19.6. The van der Waals surface area contributed by atoms with E-state index in [4.69, 9.17) is 4.74 Å². The summed E-state index contributed by atoms with van der Waals surface area (Å²) in [6.07, 6.45) is -1.73. The van der Waals surface area contributed by atoms with Crippen LogP contribution in [0.15, 0.2) is 30.3 Å². The summed E-state index contributed by atoms with van der Waals surface area (Å²) in [7, 11) is 0. The first-order valence-electron chi connectivity index (χ1n) is 4.68. The van der Waals surface area contributed by atoms with Crippen LogP contribution in [0.1, 0.15) is 18.6 Å². The highest BCUT2D eigenvalue weighted by Crippen LogP contribution is 2.36. The lowest BCUT2D eigenvalue weighted by Crippen LogP contribution is -2.32. The van der Waals surface area contributed by atoms with Crippen molar-refractivity contribution >= 4 is 0 Å². The van der Waals surface area contributed by atoms with E-state index in [1.807, 2.05) is 18.2 Å². The van der Waals surface area contributed by atoms with Crippen molar-refractivity contribution in [2.45, 2.75) is 24.7 Å². The highest BCUT2D eigenvalue weighted by molar-refractivity contribution is 5.20. The van der Waals surface area contributed by atoms with Gasteiger partial charge in [-0.2, -0.15) is 0 Å². The number of ether oxygens (including phenoxy) is 1. The van der Waals surface area contributed by atoms with E-state index in [0.717, 1.165) is 5.56 Å². The van der Waals surface area contributed by atoms with Gasteiger partial charge >= 0.3 is 0 Å². The third-order valence-corrected chi connectivity index (χ3v) is 2.67. The molecule has 3 heteroatoms. The Hall–Kier alpha value is -0.900. The molecule has 0 saturated carbocycles. The molecule has 2 N–H and O–H groups in total. The number of epoxide rings is 1. The lowest BCUT2D eigenvalue weighted by atomic mass is 9.95. The fourth-order valence-electron chi connectivity index (χ4n) is 1.45. The summed E-state index contributed by atoms with van der Waals surface area (Å²) >= 11 is 0. The van der Waals surface area contributed by atoms with Crippen molar-refractivity contribution in [3.8, 4) is 0 Å². The second-order valence-electron chi connectivity index (χ2n) is 3.90. The molecule has 1 heterocycles. The highest BCUT2D eigenvalue weighted by Gasteiger charge is 2.49. The van der Waals surface area contributed by atoms with Crippen LogP contribution in [-0.2, 0) is 4.74 Å². The lowest BCUT2D eigenvalue weighted by molar-refractivity contribution is -0.0266. The van der Waals surface area contributed by atoms with Crippen molar-refractivity contribution in [1.29, 1.82) is 0 Å². The van der Waals surface area contributed by atoms with Gasteiger partial charge in [0, 0.05) is 0 Å². The Morgan fingerprint density at radius 3 is 2.36 bits per heavy atom. The van der Waals surface area contributed by atoms with Gasteiger partial charge in [0.05, 0.1) is 6.61 Å². The Kier molecular flexibility index (Phi) is 2.31. The molecule has 1 aliphatic heterocycles. The first kappa shape index (κ1) is 9.65. The molecule has 0 amide bonds. The maximum atomic E-state index is 9.83. The molecule has 14 heavy (non-hydrogen) atoms. The van der Waals surface area contributed by atoms with Crippen molar-refractivity contribution in [2.75, 3.05) is 6.61 Å². The molecule has 1 aromatic carbocycles. The van der Waals surface area contributed by atoms with Gasteiger partial charge in [0.15, 0.2) is 0 Å². The van der Waals surface area contributed by atoms with Crippen molar-refractivity contribution in [3.63, 3.8) is 0 Å². The normalized spacial score (nSPS) is 29.6. The van der Waals surface area contributed by atoms with E-state index in [0.29, 0.717) is 6.61 Å². The molecule has 0 bridgehead atoms. The third-order valence-electron chi connectivity index (χ3n) is 2.67. The summed E-state index contributed by atoms with van der Waals surface area (Å²) in [4.78, 5) is 0. The molecule has 1 aromatic rings. The van der Waals surface area contributed by atoms with Gasteiger partial charge in [-0.3, -0.25) is 0 Å². The maximum absolute atomic E-state index is 9.83. The van der Waals surface area contributed by atoms with E-state index in [1.165, 1.54) is 0 Å². The predicted molar refractivity (Wildman–Crippen MR) is 51.8 cm³/mol. The van der Waals surface area contributed by atoms with Crippen LogP contribution < -0.4 is 0 Å². The van der Waals surface area contributed by atoms with Crippen molar-refractivity contribution in [1.82, 2.24) is 0 Å². The second kappa shape index (κ2) is 3.35. The summed E-state index contributed by atoms with van der Waals surface area (Å²) in [5.74, 6) is 0. The SMILES string of the molecule is C[C@]1([C@@H](O)[C@H](O)c2ccccc2)CO1. The molecule has 0 aromatic heterocycles. The number of benzene rings is 1. The van der Waals surface area contributed by atoms with Crippen molar-refractivity contribution in [2.24, 2.45) is 0 Å². The monoisotopic (exact) mass is 194 g/mol. The quantitative estimate of drug-likeness (QED) is 0.702. The van der Waals surface area contributed by atoms with Gasteiger partial charge in [0.1, 0.15) is 17.8 Å².